The number of rotatable bonds is 6. The summed E-state index contributed by atoms with van der Waals surface area (Å²) in [7, 11) is 0. The molecule has 33 heavy (non-hydrogen) atoms. The van der Waals surface area contributed by atoms with Gasteiger partial charge in [0.15, 0.2) is 0 Å². The van der Waals surface area contributed by atoms with Crippen LogP contribution in [0.5, 0.6) is 11.5 Å². The number of nitrogens with zero attached hydrogens (tertiary/aromatic N) is 2. The summed E-state index contributed by atoms with van der Waals surface area (Å²) >= 11 is 0. The van der Waals surface area contributed by atoms with Crippen molar-refractivity contribution >= 4 is 5.91 Å². The van der Waals surface area contributed by atoms with Crippen LogP contribution >= 0.6 is 0 Å². The van der Waals surface area contributed by atoms with Crippen LogP contribution in [0.3, 0.4) is 0 Å². The summed E-state index contributed by atoms with van der Waals surface area (Å²) in [5, 5.41) is 14.1. The molecule has 0 saturated carbocycles. The number of amides is 1. The van der Waals surface area contributed by atoms with Gasteiger partial charge in [0.25, 0.3) is 5.91 Å². The Labute approximate surface area is 195 Å². The van der Waals surface area contributed by atoms with E-state index in [1.54, 1.807) is 11.0 Å². The molecule has 3 heterocycles. The van der Waals surface area contributed by atoms with Crippen molar-refractivity contribution in [1.29, 1.82) is 0 Å². The topological polar surface area (TPSA) is 74.3 Å². The predicted molar refractivity (Wildman–Crippen MR) is 126 cm³/mol. The van der Waals surface area contributed by atoms with Crippen molar-refractivity contribution in [3.05, 3.63) is 59.2 Å². The fourth-order valence-corrected chi connectivity index (χ4v) is 5.02. The van der Waals surface area contributed by atoms with E-state index in [1.807, 2.05) is 12.1 Å². The number of carbonyl (C=O) groups excluding carboxylic acids is 1. The van der Waals surface area contributed by atoms with Gasteiger partial charge in [-0.1, -0.05) is 24.3 Å². The van der Waals surface area contributed by atoms with E-state index in [2.05, 4.69) is 34.5 Å². The molecule has 3 aliphatic heterocycles. The minimum absolute atomic E-state index is 0.101. The molecule has 1 unspecified atom stereocenters. The number of aliphatic hydroxyl groups excluding tert-OH is 1. The van der Waals surface area contributed by atoms with Crippen molar-refractivity contribution in [2.24, 2.45) is 0 Å². The lowest BCUT2D eigenvalue weighted by Crippen LogP contribution is -2.44. The first-order valence-corrected chi connectivity index (χ1v) is 12.1. The van der Waals surface area contributed by atoms with Crippen molar-refractivity contribution in [1.82, 2.24) is 15.1 Å². The van der Waals surface area contributed by atoms with Crippen LogP contribution in [0.2, 0.25) is 0 Å². The number of benzene rings is 2. The number of ether oxygens (including phenoxy) is 2. The van der Waals surface area contributed by atoms with E-state index in [0.717, 1.165) is 51.2 Å². The maximum atomic E-state index is 13.2. The Morgan fingerprint density at radius 1 is 1.15 bits per heavy atom. The number of piperidine rings is 1. The first-order chi connectivity index (χ1) is 16.2. The zero-order valence-corrected chi connectivity index (χ0v) is 19.0. The van der Waals surface area contributed by atoms with Gasteiger partial charge >= 0.3 is 0 Å². The summed E-state index contributed by atoms with van der Waals surface area (Å²) in [4.78, 5) is 17.2. The Hall–Kier alpha value is -2.61. The van der Waals surface area contributed by atoms with Crippen LogP contribution in [0.15, 0.2) is 42.5 Å². The molecule has 1 fully saturated rings. The Morgan fingerprint density at radius 2 is 2.03 bits per heavy atom. The Morgan fingerprint density at radius 3 is 2.88 bits per heavy atom. The predicted octanol–water partition coefficient (Wildman–Crippen LogP) is 2.07. The van der Waals surface area contributed by atoms with E-state index in [9.17, 15) is 9.90 Å². The van der Waals surface area contributed by atoms with Crippen molar-refractivity contribution < 1.29 is 19.4 Å². The molecule has 0 bridgehead atoms. The number of hydrogen-bond acceptors (Lipinski definition) is 6. The highest BCUT2D eigenvalue weighted by molar-refractivity contribution is 5.97. The molecule has 0 aliphatic carbocycles. The van der Waals surface area contributed by atoms with Gasteiger partial charge in [-0.15, -0.1) is 0 Å². The number of β-amino-alcohol motifs (C(OH)–C–C–N with tert-alkyl or cyclic N) is 1. The molecule has 5 rings (SSSR count). The van der Waals surface area contributed by atoms with E-state index < -0.39 is 6.10 Å². The van der Waals surface area contributed by atoms with Gasteiger partial charge < -0.3 is 24.8 Å². The highest BCUT2D eigenvalue weighted by Crippen LogP contribution is 2.29. The highest BCUT2D eigenvalue weighted by Gasteiger charge is 2.27. The normalized spacial score (nSPS) is 22.0. The molecular weight excluding hydrogens is 418 g/mol. The van der Waals surface area contributed by atoms with Crippen LogP contribution in [0.1, 0.15) is 34.3 Å². The van der Waals surface area contributed by atoms with E-state index in [4.69, 9.17) is 9.47 Å². The smallest absolute Gasteiger partial charge is 0.257 e. The minimum Gasteiger partial charge on any atom is -0.491 e. The largest absolute Gasteiger partial charge is 0.491 e. The SMILES string of the molecule is O=C1c2ccc(OC3CCCNC3)cc2OCCN1C[C@H](O)CN1CCc2ccccc2C1. The van der Waals surface area contributed by atoms with Crippen LogP contribution < -0.4 is 14.8 Å². The van der Waals surface area contributed by atoms with Gasteiger partial charge in [-0.05, 0) is 49.1 Å². The van der Waals surface area contributed by atoms with E-state index in [1.165, 1.54) is 11.1 Å². The molecule has 3 aliphatic rings. The second kappa shape index (κ2) is 10.1. The van der Waals surface area contributed by atoms with Gasteiger partial charge in [0, 0.05) is 38.8 Å². The van der Waals surface area contributed by atoms with Crippen LogP contribution in [0, 0.1) is 0 Å². The number of carbonyl (C=O) groups is 1. The second-order valence-corrected chi connectivity index (χ2v) is 9.25. The van der Waals surface area contributed by atoms with E-state index >= 15 is 0 Å². The summed E-state index contributed by atoms with van der Waals surface area (Å²) in [6.07, 6.45) is 2.66. The van der Waals surface area contributed by atoms with Crippen molar-refractivity contribution in [2.75, 3.05) is 45.9 Å². The molecule has 1 amide bonds. The van der Waals surface area contributed by atoms with E-state index in [0.29, 0.717) is 37.6 Å². The highest BCUT2D eigenvalue weighted by atomic mass is 16.5. The van der Waals surface area contributed by atoms with Crippen LogP contribution in [0.25, 0.3) is 0 Å². The van der Waals surface area contributed by atoms with Gasteiger partial charge in [0.1, 0.15) is 24.2 Å². The van der Waals surface area contributed by atoms with Crippen LogP contribution in [-0.2, 0) is 13.0 Å². The molecule has 2 N–H and O–H groups in total. The van der Waals surface area contributed by atoms with Gasteiger partial charge in [0.05, 0.1) is 18.2 Å². The molecule has 0 spiro atoms. The Balaban J connectivity index is 1.19. The second-order valence-electron chi connectivity index (χ2n) is 9.25. The molecule has 7 heteroatoms. The number of fused-ring (bicyclic) bond motifs is 2. The standard InChI is InChI=1S/C26H33N3O4/c30-21(17-28-11-9-19-4-1-2-5-20(19)16-28)18-29-12-13-32-25-14-22(7-8-24(25)26(29)31)33-23-6-3-10-27-15-23/h1-2,4-5,7-8,14,21,23,27,30H,3,6,9-13,15-18H2/t21-,23?/m1/s1. The average Bonchev–Trinajstić information content (AvgIpc) is 2.98. The molecule has 7 nitrogen and oxygen atoms in total. The lowest BCUT2D eigenvalue weighted by molar-refractivity contribution is 0.0501. The fraction of sp³-hybridized carbons (Fsp3) is 0.500. The number of aliphatic hydroxyl groups is 1. The minimum atomic E-state index is -0.609. The molecule has 0 aromatic heterocycles. The average molecular weight is 452 g/mol. The van der Waals surface area contributed by atoms with Gasteiger partial charge in [-0.2, -0.15) is 0 Å². The lowest BCUT2D eigenvalue weighted by atomic mass is 10.00. The lowest BCUT2D eigenvalue weighted by Gasteiger charge is -2.32. The zero-order chi connectivity index (χ0) is 22.6. The summed E-state index contributed by atoms with van der Waals surface area (Å²) in [5.41, 5.74) is 3.25. The number of nitrogens with one attached hydrogen (secondary N) is 1. The first-order valence-electron chi connectivity index (χ1n) is 12.1. The van der Waals surface area contributed by atoms with Crippen LogP contribution in [-0.4, -0.2) is 78.9 Å². The summed E-state index contributed by atoms with van der Waals surface area (Å²) in [5.74, 6) is 1.19. The third kappa shape index (κ3) is 5.32. The summed E-state index contributed by atoms with van der Waals surface area (Å²) < 4.78 is 12.0. The summed E-state index contributed by atoms with van der Waals surface area (Å²) in [6.45, 7) is 5.34. The maximum Gasteiger partial charge on any atom is 0.257 e. The molecule has 2 atom stereocenters. The summed E-state index contributed by atoms with van der Waals surface area (Å²) in [6, 6.07) is 13.9. The van der Waals surface area contributed by atoms with Crippen molar-refractivity contribution in [2.45, 2.75) is 38.0 Å². The van der Waals surface area contributed by atoms with Crippen molar-refractivity contribution in [3.63, 3.8) is 0 Å². The molecule has 176 valence electrons. The molecular formula is C26H33N3O4. The molecule has 2 aromatic rings. The number of hydrogen-bond donors (Lipinski definition) is 2. The third-order valence-electron chi connectivity index (χ3n) is 6.75. The Kier molecular flexibility index (Phi) is 6.80. The van der Waals surface area contributed by atoms with Crippen LogP contribution in [0.4, 0.5) is 0 Å². The van der Waals surface area contributed by atoms with Gasteiger partial charge in [0.2, 0.25) is 0 Å². The quantitative estimate of drug-likeness (QED) is 0.701. The molecule has 2 aromatic carbocycles. The first kappa shape index (κ1) is 22.2. The monoisotopic (exact) mass is 451 g/mol. The van der Waals surface area contributed by atoms with Crippen molar-refractivity contribution in [3.8, 4) is 11.5 Å². The third-order valence-corrected chi connectivity index (χ3v) is 6.75. The fourth-order valence-electron chi connectivity index (χ4n) is 5.02. The Bertz CT molecular complexity index is 976. The zero-order valence-electron chi connectivity index (χ0n) is 19.0. The van der Waals surface area contributed by atoms with Gasteiger partial charge in [-0.3, -0.25) is 9.69 Å². The molecule has 1 saturated heterocycles. The van der Waals surface area contributed by atoms with E-state index in [-0.39, 0.29) is 12.0 Å². The maximum absolute atomic E-state index is 13.2. The molecule has 0 radical (unpaired) electrons. The van der Waals surface area contributed by atoms with Gasteiger partial charge in [-0.25, -0.2) is 0 Å².